The summed E-state index contributed by atoms with van der Waals surface area (Å²) in [6, 6.07) is 15.8. The number of thiazole rings is 1. The highest BCUT2D eigenvalue weighted by Crippen LogP contribution is 2.26. The molecule has 0 bridgehead atoms. The van der Waals surface area contributed by atoms with E-state index in [0.717, 1.165) is 49.0 Å². The van der Waals surface area contributed by atoms with Crippen molar-refractivity contribution in [3.8, 4) is 10.6 Å². The third-order valence-electron chi connectivity index (χ3n) is 4.76. The van der Waals surface area contributed by atoms with Crippen molar-refractivity contribution in [2.24, 2.45) is 0 Å². The minimum Gasteiger partial charge on any atom is -0.379 e. The van der Waals surface area contributed by atoms with Crippen LogP contribution in [0.3, 0.4) is 0 Å². The first-order valence-electron chi connectivity index (χ1n) is 9.55. The van der Waals surface area contributed by atoms with Gasteiger partial charge in [0.05, 0.1) is 13.2 Å². The van der Waals surface area contributed by atoms with Crippen molar-refractivity contribution in [3.63, 3.8) is 0 Å². The maximum absolute atomic E-state index is 12.5. The number of hydrogen-bond donors (Lipinski definition) is 1. The number of halogens is 1. The molecule has 0 atom stereocenters. The number of morpholine rings is 1. The summed E-state index contributed by atoms with van der Waals surface area (Å²) in [5, 5.41) is 6.18. The fraction of sp³-hybridized carbons (Fsp3) is 0.273. The fourth-order valence-electron chi connectivity index (χ4n) is 3.26. The van der Waals surface area contributed by atoms with Crippen molar-refractivity contribution in [1.82, 2.24) is 15.2 Å². The van der Waals surface area contributed by atoms with Gasteiger partial charge in [0, 0.05) is 42.1 Å². The SMILES string of the molecule is O=C(NCc1cccc(CN2CCOCC2)c1)c1csc(-c2cccc(Cl)c2)n1. The molecule has 0 saturated carbocycles. The highest BCUT2D eigenvalue weighted by Gasteiger charge is 2.13. The molecular formula is C22H22ClN3O2S. The van der Waals surface area contributed by atoms with E-state index < -0.39 is 0 Å². The van der Waals surface area contributed by atoms with Crippen molar-refractivity contribution >= 4 is 28.8 Å². The third-order valence-corrected chi connectivity index (χ3v) is 5.89. The fourth-order valence-corrected chi connectivity index (χ4v) is 4.25. The highest BCUT2D eigenvalue weighted by atomic mass is 35.5. The second kappa shape index (κ2) is 9.50. The molecule has 0 aliphatic carbocycles. The number of benzene rings is 2. The summed E-state index contributed by atoms with van der Waals surface area (Å²) in [7, 11) is 0. The van der Waals surface area contributed by atoms with Crippen LogP contribution in [0.4, 0.5) is 0 Å². The van der Waals surface area contributed by atoms with Gasteiger partial charge in [-0.2, -0.15) is 0 Å². The Bertz CT molecular complexity index is 985. The predicted molar refractivity (Wildman–Crippen MR) is 116 cm³/mol. The number of nitrogens with zero attached hydrogens (tertiary/aromatic N) is 2. The zero-order chi connectivity index (χ0) is 20.1. The zero-order valence-corrected chi connectivity index (χ0v) is 17.5. The quantitative estimate of drug-likeness (QED) is 0.639. The lowest BCUT2D eigenvalue weighted by Crippen LogP contribution is -2.35. The lowest BCUT2D eigenvalue weighted by molar-refractivity contribution is 0.0342. The molecule has 1 amide bonds. The largest absolute Gasteiger partial charge is 0.379 e. The number of carbonyl (C=O) groups is 1. The molecule has 0 spiro atoms. The van der Waals surface area contributed by atoms with E-state index in [1.165, 1.54) is 16.9 Å². The molecule has 0 unspecified atom stereocenters. The summed E-state index contributed by atoms with van der Waals surface area (Å²) in [4.78, 5) is 19.4. The van der Waals surface area contributed by atoms with Crippen LogP contribution in [0, 0.1) is 0 Å². The maximum atomic E-state index is 12.5. The van der Waals surface area contributed by atoms with Crippen molar-refractivity contribution in [2.75, 3.05) is 26.3 Å². The molecule has 1 saturated heterocycles. The van der Waals surface area contributed by atoms with E-state index in [9.17, 15) is 4.79 Å². The molecule has 5 nitrogen and oxygen atoms in total. The summed E-state index contributed by atoms with van der Waals surface area (Å²) < 4.78 is 5.40. The van der Waals surface area contributed by atoms with Gasteiger partial charge in [-0.25, -0.2) is 4.98 Å². The number of carbonyl (C=O) groups excluding carboxylic acids is 1. The van der Waals surface area contributed by atoms with Crippen LogP contribution < -0.4 is 5.32 Å². The van der Waals surface area contributed by atoms with Crippen LogP contribution in [0.1, 0.15) is 21.6 Å². The van der Waals surface area contributed by atoms with E-state index in [-0.39, 0.29) is 5.91 Å². The number of amides is 1. The molecule has 2 heterocycles. The summed E-state index contributed by atoms with van der Waals surface area (Å²) in [5.41, 5.74) is 3.66. The van der Waals surface area contributed by atoms with Gasteiger partial charge < -0.3 is 10.1 Å². The van der Waals surface area contributed by atoms with E-state index in [1.54, 1.807) is 5.38 Å². The van der Waals surface area contributed by atoms with Crippen LogP contribution >= 0.6 is 22.9 Å². The molecule has 150 valence electrons. The molecule has 2 aromatic carbocycles. The standard InChI is InChI=1S/C22H22ClN3O2S/c23-19-6-2-5-18(12-19)22-25-20(15-29-22)21(27)24-13-16-3-1-4-17(11-16)14-26-7-9-28-10-8-26/h1-6,11-12,15H,7-10,13-14H2,(H,24,27). The van der Waals surface area contributed by atoms with Crippen molar-refractivity contribution in [2.45, 2.75) is 13.1 Å². The van der Waals surface area contributed by atoms with Crippen molar-refractivity contribution in [1.29, 1.82) is 0 Å². The van der Waals surface area contributed by atoms with Gasteiger partial charge in [0.1, 0.15) is 10.7 Å². The highest BCUT2D eigenvalue weighted by molar-refractivity contribution is 7.13. The van der Waals surface area contributed by atoms with Crippen LogP contribution in [0.15, 0.2) is 53.9 Å². The maximum Gasteiger partial charge on any atom is 0.271 e. The van der Waals surface area contributed by atoms with Gasteiger partial charge in [0.2, 0.25) is 0 Å². The Morgan fingerprint density at radius 2 is 1.93 bits per heavy atom. The third kappa shape index (κ3) is 5.42. The van der Waals surface area contributed by atoms with E-state index in [4.69, 9.17) is 16.3 Å². The second-order valence-corrected chi connectivity index (χ2v) is 8.23. The average Bonchev–Trinajstić information content (AvgIpc) is 3.24. The lowest BCUT2D eigenvalue weighted by atomic mass is 10.1. The van der Waals surface area contributed by atoms with E-state index in [0.29, 0.717) is 17.3 Å². The number of aromatic nitrogens is 1. The Morgan fingerprint density at radius 3 is 2.76 bits per heavy atom. The zero-order valence-electron chi connectivity index (χ0n) is 15.9. The Hall–Kier alpha value is -2.25. The Morgan fingerprint density at radius 1 is 1.14 bits per heavy atom. The molecule has 7 heteroatoms. The molecule has 4 rings (SSSR count). The first-order valence-corrected chi connectivity index (χ1v) is 10.8. The first kappa shape index (κ1) is 20.0. The number of nitrogens with one attached hydrogen (secondary N) is 1. The van der Waals surface area contributed by atoms with Crippen LogP contribution in [0.2, 0.25) is 5.02 Å². The molecular weight excluding hydrogens is 406 g/mol. The van der Waals surface area contributed by atoms with Gasteiger partial charge in [-0.15, -0.1) is 11.3 Å². The van der Waals surface area contributed by atoms with Crippen LogP contribution in [0.5, 0.6) is 0 Å². The molecule has 1 N–H and O–H groups in total. The number of hydrogen-bond acceptors (Lipinski definition) is 5. The smallest absolute Gasteiger partial charge is 0.271 e. The molecule has 29 heavy (non-hydrogen) atoms. The molecule has 1 fully saturated rings. The molecule has 1 aromatic heterocycles. The minimum absolute atomic E-state index is 0.173. The second-order valence-electron chi connectivity index (χ2n) is 6.94. The van der Waals surface area contributed by atoms with Crippen LogP contribution in [-0.4, -0.2) is 42.1 Å². The summed E-state index contributed by atoms with van der Waals surface area (Å²) >= 11 is 7.48. The Labute approximate surface area is 179 Å². The van der Waals surface area contributed by atoms with Crippen LogP contribution in [0.25, 0.3) is 10.6 Å². The van der Waals surface area contributed by atoms with Gasteiger partial charge in [-0.1, -0.05) is 48.0 Å². The Balaban J connectivity index is 1.35. The minimum atomic E-state index is -0.173. The summed E-state index contributed by atoms with van der Waals surface area (Å²) in [5.74, 6) is -0.173. The monoisotopic (exact) mass is 427 g/mol. The van der Waals surface area contributed by atoms with Gasteiger partial charge >= 0.3 is 0 Å². The van der Waals surface area contributed by atoms with Gasteiger partial charge in [0.15, 0.2) is 0 Å². The van der Waals surface area contributed by atoms with E-state index >= 15 is 0 Å². The topological polar surface area (TPSA) is 54.5 Å². The Kier molecular flexibility index (Phi) is 6.56. The number of rotatable bonds is 6. The summed E-state index contributed by atoms with van der Waals surface area (Å²) in [6.45, 7) is 4.88. The van der Waals surface area contributed by atoms with Gasteiger partial charge in [-0.05, 0) is 23.3 Å². The van der Waals surface area contributed by atoms with Crippen molar-refractivity contribution < 1.29 is 9.53 Å². The predicted octanol–water partition coefficient (Wildman–Crippen LogP) is 4.23. The summed E-state index contributed by atoms with van der Waals surface area (Å²) in [6.07, 6.45) is 0. The van der Waals surface area contributed by atoms with Gasteiger partial charge in [-0.3, -0.25) is 9.69 Å². The first-order chi connectivity index (χ1) is 14.2. The molecule has 1 aliphatic heterocycles. The molecule has 1 aliphatic rings. The average molecular weight is 428 g/mol. The normalized spacial score (nSPS) is 14.7. The van der Waals surface area contributed by atoms with Gasteiger partial charge in [0.25, 0.3) is 5.91 Å². The van der Waals surface area contributed by atoms with E-state index in [2.05, 4.69) is 27.3 Å². The molecule has 3 aromatic rings. The van der Waals surface area contributed by atoms with E-state index in [1.807, 2.05) is 36.4 Å². The van der Waals surface area contributed by atoms with Crippen molar-refractivity contribution in [3.05, 3.63) is 75.8 Å². The van der Waals surface area contributed by atoms with Crippen LogP contribution in [-0.2, 0) is 17.8 Å². The number of ether oxygens (including phenoxy) is 1. The lowest BCUT2D eigenvalue weighted by Gasteiger charge is -2.26. The molecule has 0 radical (unpaired) electrons.